The maximum atomic E-state index is 12.5. The fourth-order valence-electron chi connectivity index (χ4n) is 4.66. The second kappa shape index (κ2) is 12.6. The van der Waals surface area contributed by atoms with Gasteiger partial charge < -0.3 is 14.8 Å². The number of halogens is 1. The Morgan fingerprint density at radius 1 is 1.21 bits per heavy atom. The number of benzene rings is 1. The van der Waals surface area contributed by atoms with Gasteiger partial charge in [-0.2, -0.15) is 5.10 Å². The number of aryl methyl sites for hydroxylation is 2. The molecule has 0 saturated carbocycles. The van der Waals surface area contributed by atoms with Gasteiger partial charge in [0.05, 0.1) is 25.3 Å². The Morgan fingerprint density at radius 2 is 2.05 bits per heavy atom. The van der Waals surface area contributed by atoms with Crippen molar-refractivity contribution < 1.29 is 14.3 Å². The minimum Gasteiger partial charge on any atom is -0.477 e. The van der Waals surface area contributed by atoms with Crippen LogP contribution in [0.5, 0.6) is 5.88 Å². The number of fused-ring (bicyclic) bond motifs is 1. The molecule has 0 radical (unpaired) electrons. The molecule has 1 aromatic carbocycles. The van der Waals surface area contributed by atoms with Crippen LogP contribution >= 0.6 is 22.9 Å². The van der Waals surface area contributed by atoms with Gasteiger partial charge in [0.2, 0.25) is 5.88 Å². The molecule has 0 spiro atoms. The predicted octanol–water partition coefficient (Wildman–Crippen LogP) is 5.85. The van der Waals surface area contributed by atoms with Crippen molar-refractivity contribution in [2.75, 3.05) is 25.1 Å². The number of nitrogens with one attached hydrogen (secondary N) is 1. The normalized spacial score (nSPS) is 13.4. The maximum absolute atomic E-state index is 12.5. The number of rotatable bonds is 11. The third-order valence-electron chi connectivity index (χ3n) is 6.64. The van der Waals surface area contributed by atoms with Crippen LogP contribution in [0.25, 0.3) is 10.6 Å². The smallest absolute Gasteiger partial charge is 0.306 e. The Kier molecular flexibility index (Phi) is 8.78. The van der Waals surface area contributed by atoms with Crippen molar-refractivity contribution in [1.29, 1.82) is 0 Å². The van der Waals surface area contributed by atoms with E-state index in [0.717, 1.165) is 52.0 Å². The lowest BCUT2D eigenvalue weighted by atomic mass is 9.98. The number of ether oxygens (including phenoxy) is 2. The number of nitrogens with zero attached hydrogens (tertiary/aromatic N) is 4. The highest BCUT2D eigenvalue weighted by molar-refractivity contribution is 7.15. The van der Waals surface area contributed by atoms with E-state index in [2.05, 4.69) is 27.5 Å². The van der Waals surface area contributed by atoms with E-state index in [1.165, 1.54) is 5.56 Å². The summed E-state index contributed by atoms with van der Waals surface area (Å²) in [5.41, 5.74) is 4.12. The fraction of sp³-hybridized carbons (Fsp3) is 0.379. The number of hydrogen-bond acceptors (Lipinski definition) is 8. The molecule has 0 saturated heterocycles. The van der Waals surface area contributed by atoms with E-state index in [0.29, 0.717) is 37.0 Å². The van der Waals surface area contributed by atoms with Crippen molar-refractivity contribution in [3.8, 4) is 16.5 Å². The molecule has 3 aromatic heterocycles. The molecule has 0 fully saturated rings. The van der Waals surface area contributed by atoms with Crippen molar-refractivity contribution >= 4 is 34.7 Å². The monoisotopic (exact) mass is 565 g/mol. The van der Waals surface area contributed by atoms with Crippen LogP contribution in [0.15, 0.2) is 48.7 Å². The molecule has 204 valence electrons. The van der Waals surface area contributed by atoms with Gasteiger partial charge in [0, 0.05) is 59.4 Å². The summed E-state index contributed by atoms with van der Waals surface area (Å²) in [4.78, 5) is 22.8. The highest BCUT2D eigenvalue weighted by atomic mass is 35.5. The second-order valence-corrected chi connectivity index (χ2v) is 11.0. The molecule has 4 heterocycles. The average molecular weight is 566 g/mol. The second-order valence-electron chi connectivity index (χ2n) is 9.52. The first-order valence-corrected chi connectivity index (χ1v) is 14.4. The summed E-state index contributed by atoms with van der Waals surface area (Å²) in [5.74, 6) is 1.33. The van der Waals surface area contributed by atoms with Gasteiger partial charge in [-0.05, 0) is 49.9 Å². The lowest BCUT2D eigenvalue weighted by Gasteiger charge is -2.17. The number of anilines is 1. The molecule has 0 aliphatic carbocycles. The zero-order valence-corrected chi connectivity index (χ0v) is 23.7. The van der Waals surface area contributed by atoms with Crippen LogP contribution in [0.1, 0.15) is 47.5 Å². The van der Waals surface area contributed by atoms with Crippen LogP contribution in [-0.2, 0) is 35.8 Å². The lowest BCUT2D eigenvalue weighted by molar-refractivity contribution is -0.143. The van der Waals surface area contributed by atoms with Crippen molar-refractivity contribution in [1.82, 2.24) is 19.7 Å². The molecular weight excluding hydrogens is 534 g/mol. The third-order valence-corrected chi connectivity index (χ3v) is 8.10. The van der Waals surface area contributed by atoms with Gasteiger partial charge in [-0.1, -0.05) is 29.8 Å². The van der Waals surface area contributed by atoms with Gasteiger partial charge in [-0.15, -0.1) is 11.3 Å². The number of thiazole rings is 1. The molecule has 39 heavy (non-hydrogen) atoms. The number of carbonyl (C=O) groups excluding carboxylic acids is 1. The van der Waals surface area contributed by atoms with Crippen molar-refractivity contribution in [2.45, 2.75) is 44.9 Å². The van der Waals surface area contributed by atoms with Gasteiger partial charge in [0.15, 0.2) is 0 Å². The van der Waals surface area contributed by atoms with E-state index in [-0.39, 0.29) is 18.3 Å². The van der Waals surface area contributed by atoms with E-state index in [9.17, 15) is 4.79 Å². The Morgan fingerprint density at radius 3 is 2.87 bits per heavy atom. The quantitative estimate of drug-likeness (QED) is 0.228. The molecule has 1 N–H and O–H groups in total. The first-order valence-electron chi connectivity index (χ1n) is 13.2. The predicted molar refractivity (Wildman–Crippen MR) is 154 cm³/mol. The van der Waals surface area contributed by atoms with Gasteiger partial charge in [0.1, 0.15) is 10.8 Å². The SMILES string of the molecule is CCOC(=O)C[C@H](Cc1cc(OCCc2ccc3c(n2)NCCC3)n(C)n1)c1cnc(-c2ccc(Cl)cc2)s1. The minimum absolute atomic E-state index is 0.113. The first-order chi connectivity index (χ1) is 19.0. The van der Waals surface area contributed by atoms with Crippen molar-refractivity contribution in [3.05, 3.63) is 75.5 Å². The molecule has 10 heteroatoms. The summed E-state index contributed by atoms with van der Waals surface area (Å²) < 4.78 is 13.1. The molecule has 0 unspecified atom stereocenters. The van der Waals surface area contributed by atoms with E-state index in [4.69, 9.17) is 26.1 Å². The molecular formula is C29H32ClN5O3S. The number of esters is 1. The van der Waals surface area contributed by atoms with Gasteiger partial charge in [0.25, 0.3) is 0 Å². The summed E-state index contributed by atoms with van der Waals surface area (Å²) >= 11 is 7.61. The average Bonchev–Trinajstić information content (AvgIpc) is 3.56. The van der Waals surface area contributed by atoms with Crippen LogP contribution in [0.3, 0.4) is 0 Å². The summed E-state index contributed by atoms with van der Waals surface area (Å²) in [6.07, 6.45) is 5.59. The van der Waals surface area contributed by atoms with Crippen LogP contribution in [0.2, 0.25) is 5.02 Å². The first kappa shape index (κ1) is 27.1. The number of pyridine rings is 1. The van der Waals surface area contributed by atoms with E-state index in [1.54, 1.807) is 16.0 Å². The zero-order valence-electron chi connectivity index (χ0n) is 22.2. The molecule has 1 atom stereocenters. The number of carbonyl (C=O) groups is 1. The molecule has 1 aliphatic rings. The topological polar surface area (TPSA) is 91.2 Å². The van der Waals surface area contributed by atoms with Gasteiger partial charge in [-0.3, -0.25) is 4.79 Å². The third kappa shape index (κ3) is 6.96. The van der Waals surface area contributed by atoms with E-state index >= 15 is 0 Å². The molecule has 0 bridgehead atoms. The fourth-order valence-corrected chi connectivity index (χ4v) is 5.81. The van der Waals surface area contributed by atoms with Gasteiger partial charge in [-0.25, -0.2) is 14.6 Å². The molecule has 0 amide bonds. The Labute approximate surface area is 237 Å². The number of hydrogen-bond donors (Lipinski definition) is 1. The maximum Gasteiger partial charge on any atom is 0.306 e. The van der Waals surface area contributed by atoms with Crippen molar-refractivity contribution in [3.63, 3.8) is 0 Å². The standard InChI is InChI=1S/C29H32ClN5O3S/c1-3-37-27(36)16-21(25-18-32-29(39-25)20-6-9-22(30)10-7-20)15-24-17-26(35(2)34-24)38-14-12-23-11-8-19-5-4-13-31-28(19)33-23/h6-11,17-18,21H,3-5,12-16H2,1-2H3,(H,31,33)/t21-/m0/s1. The Hall–Kier alpha value is -3.43. The van der Waals surface area contributed by atoms with Gasteiger partial charge >= 0.3 is 5.97 Å². The number of aromatic nitrogens is 4. The van der Waals surface area contributed by atoms with E-state index in [1.807, 2.05) is 50.5 Å². The summed E-state index contributed by atoms with van der Waals surface area (Å²) in [7, 11) is 1.87. The minimum atomic E-state index is -0.233. The Bertz CT molecular complexity index is 1420. The van der Waals surface area contributed by atoms with Crippen LogP contribution in [-0.4, -0.2) is 45.5 Å². The van der Waals surface area contributed by atoms with Crippen molar-refractivity contribution in [2.24, 2.45) is 7.05 Å². The molecule has 1 aliphatic heterocycles. The van der Waals surface area contributed by atoms with Crippen LogP contribution in [0.4, 0.5) is 5.82 Å². The summed E-state index contributed by atoms with van der Waals surface area (Å²) in [6, 6.07) is 13.8. The van der Waals surface area contributed by atoms with E-state index < -0.39 is 0 Å². The molecule has 4 aromatic rings. The zero-order chi connectivity index (χ0) is 27.2. The molecule has 8 nitrogen and oxygen atoms in total. The summed E-state index contributed by atoms with van der Waals surface area (Å²) in [6.45, 7) is 3.63. The highest BCUT2D eigenvalue weighted by Crippen LogP contribution is 2.34. The molecule has 5 rings (SSSR count). The largest absolute Gasteiger partial charge is 0.477 e. The lowest BCUT2D eigenvalue weighted by Crippen LogP contribution is -2.14. The highest BCUT2D eigenvalue weighted by Gasteiger charge is 2.23. The van der Waals surface area contributed by atoms with Crippen LogP contribution in [0, 0.1) is 0 Å². The van der Waals surface area contributed by atoms with Crippen LogP contribution < -0.4 is 10.1 Å². The summed E-state index contributed by atoms with van der Waals surface area (Å²) in [5, 5.41) is 9.61. The Balaban J connectivity index is 1.25.